The van der Waals surface area contributed by atoms with Crippen molar-refractivity contribution in [2.75, 3.05) is 19.3 Å². The van der Waals surface area contributed by atoms with Gasteiger partial charge in [-0.2, -0.15) is 11.8 Å². The molecule has 2 aliphatic rings. The number of nitrogens with zero attached hydrogens (tertiary/aromatic N) is 1. The average molecular weight is 242 g/mol. The minimum Gasteiger partial charge on any atom is -0.330 e. The topological polar surface area (TPSA) is 29.3 Å². The molecule has 1 aliphatic carbocycles. The first-order valence-corrected chi connectivity index (χ1v) is 7.82. The molecule has 1 heterocycles. The summed E-state index contributed by atoms with van der Waals surface area (Å²) >= 11 is 2.13. The van der Waals surface area contributed by atoms with E-state index in [1.165, 1.54) is 37.9 Å². The van der Waals surface area contributed by atoms with Crippen LogP contribution in [0.1, 0.15) is 39.0 Å². The summed E-state index contributed by atoms with van der Waals surface area (Å²) in [6.07, 6.45) is 6.88. The summed E-state index contributed by atoms with van der Waals surface area (Å²) < 4.78 is 0. The lowest BCUT2D eigenvalue weighted by molar-refractivity contribution is 0.0933. The molecular formula is C13H26N2S. The zero-order valence-corrected chi connectivity index (χ0v) is 11.5. The van der Waals surface area contributed by atoms with Crippen LogP contribution in [0, 0.1) is 5.92 Å². The summed E-state index contributed by atoms with van der Waals surface area (Å²) in [5, 5.41) is 0.811. The van der Waals surface area contributed by atoms with Gasteiger partial charge in [0.1, 0.15) is 0 Å². The van der Waals surface area contributed by atoms with Crippen molar-refractivity contribution in [1.82, 2.24) is 4.90 Å². The second-order valence-electron chi connectivity index (χ2n) is 5.44. The van der Waals surface area contributed by atoms with Crippen molar-refractivity contribution in [2.45, 2.75) is 56.4 Å². The van der Waals surface area contributed by atoms with Gasteiger partial charge < -0.3 is 5.73 Å². The van der Waals surface area contributed by atoms with Gasteiger partial charge in [-0.3, -0.25) is 4.90 Å². The Morgan fingerprint density at radius 3 is 2.56 bits per heavy atom. The Kier molecular flexibility index (Phi) is 4.57. The molecule has 0 radical (unpaired) electrons. The summed E-state index contributed by atoms with van der Waals surface area (Å²) in [7, 11) is 2.34. The minimum absolute atomic E-state index is 0.747. The normalized spacial score (nSPS) is 40.5. The molecule has 2 rings (SSSR count). The predicted molar refractivity (Wildman–Crippen MR) is 72.9 cm³/mol. The first-order valence-electron chi connectivity index (χ1n) is 6.77. The lowest BCUT2D eigenvalue weighted by Gasteiger charge is -2.41. The van der Waals surface area contributed by atoms with E-state index in [9.17, 15) is 0 Å². The minimum atomic E-state index is 0.747. The molecule has 4 atom stereocenters. The van der Waals surface area contributed by atoms with Crippen molar-refractivity contribution in [3.05, 3.63) is 0 Å². The Hall–Kier alpha value is 0.270. The second kappa shape index (κ2) is 5.74. The maximum atomic E-state index is 5.93. The van der Waals surface area contributed by atoms with Crippen molar-refractivity contribution < 1.29 is 0 Å². The van der Waals surface area contributed by atoms with Crippen molar-refractivity contribution >= 4 is 11.8 Å². The van der Waals surface area contributed by atoms with Gasteiger partial charge in [-0.25, -0.2) is 0 Å². The van der Waals surface area contributed by atoms with E-state index < -0.39 is 0 Å². The fourth-order valence-corrected chi connectivity index (χ4v) is 4.80. The molecule has 1 saturated heterocycles. The molecule has 0 amide bonds. The zero-order chi connectivity index (χ0) is 11.5. The van der Waals surface area contributed by atoms with E-state index in [1.54, 1.807) is 0 Å². The Morgan fingerprint density at radius 1 is 1.19 bits per heavy atom. The van der Waals surface area contributed by atoms with Crippen molar-refractivity contribution in [2.24, 2.45) is 11.7 Å². The lowest BCUT2D eigenvalue weighted by atomic mass is 9.83. The highest BCUT2D eigenvalue weighted by Crippen LogP contribution is 2.35. The van der Waals surface area contributed by atoms with Gasteiger partial charge in [0.25, 0.3) is 0 Å². The smallest absolute Gasteiger partial charge is 0.0219 e. The van der Waals surface area contributed by atoms with Gasteiger partial charge in [0.2, 0.25) is 0 Å². The highest BCUT2D eigenvalue weighted by atomic mass is 32.2. The molecule has 2 nitrogen and oxygen atoms in total. The maximum Gasteiger partial charge on any atom is 0.0219 e. The molecule has 3 heteroatoms. The van der Waals surface area contributed by atoms with E-state index in [4.69, 9.17) is 5.73 Å². The van der Waals surface area contributed by atoms with Crippen molar-refractivity contribution in [3.63, 3.8) is 0 Å². The van der Waals surface area contributed by atoms with Crippen molar-refractivity contribution in [3.8, 4) is 0 Å². The molecule has 94 valence electrons. The van der Waals surface area contributed by atoms with Crippen LogP contribution in [0.4, 0.5) is 0 Å². The van der Waals surface area contributed by atoms with Gasteiger partial charge in [0, 0.05) is 17.3 Å². The molecule has 2 fully saturated rings. The van der Waals surface area contributed by atoms with Crippen molar-refractivity contribution in [1.29, 1.82) is 0 Å². The Labute approximate surface area is 104 Å². The number of hydrogen-bond acceptors (Lipinski definition) is 3. The van der Waals surface area contributed by atoms with Gasteiger partial charge in [0.05, 0.1) is 0 Å². The summed E-state index contributed by atoms with van der Waals surface area (Å²) in [6.45, 7) is 3.27. The number of hydrogen-bond donors (Lipinski definition) is 1. The van der Waals surface area contributed by atoms with E-state index in [1.807, 2.05) is 0 Å². The molecule has 0 aromatic carbocycles. The van der Waals surface area contributed by atoms with Crippen LogP contribution >= 0.6 is 11.8 Å². The van der Waals surface area contributed by atoms with E-state index in [2.05, 4.69) is 30.6 Å². The molecule has 0 aromatic heterocycles. The molecule has 16 heavy (non-hydrogen) atoms. The first-order chi connectivity index (χ1) is 7.74. The number of nitrogens with two attached hydrogens (primary N) is 1. The SMILES string of the molecule is CC1SCCC1N(C)C1CCCCC1CN. The van der Waals surface area contributed by atoms with Crippen LogP contribution < -0.4 is 5.73 Å². The van der Waals surface area contributed by atoms with E-state index in [0.29, 0.717) is 0 Å². The van der Waals surface area contributed by atoms with Crippen LogP contribution in [0.2, 0.25) is 0 Å². The second-order valence-corrected chi connectivity index (χ2v) is 6.93. The third-order valence-electron chi connectivity index (χ3n) is 4.55. The predicted octanol–water partition coefficient (Wildman–Crippen LogP) is 2.33. The molecule has 1 aliphatic heterocycles. The average Bonchev–Trinajstić information content (AvgIpc) is 2.74. The Balaban J connectivity index is 1.98. The summed E-state index contributed by atoms with van der Waals surface area (Å²) in [6, 6.07) is 1.55. The monoisotopic (exact) mass is 242 g/mol. The highest BCUT2D eigenvalue weighted by Gasteiger charge is 2.35. The van der Waals surface area contributed by atoms with Crippen LogP contribution in [-0.4, -0.2) is 41.6 Å². The standard InChI is InChI=1S/C13H26N2S/c1-10-12(7-8-16-10)15(2)13-6-4-3-5-11(13)9-14/h10-13H,3-9,14H2,1-2H3. The number of rotatable bonds is 3. The largest absolute Gasteiger partial charge is 0.330 e. The van der Waals surface area contributed by atoms with E-state index in [0.717, 1.165) is 29.8 Å². The third kappa shape index (κ3) is 2.57. The Morgan fingerprint density at radius 2 is 1.94 bits per heavy atom. The van der Waals surface area contributed by atoms with Gasteiger partial charge in [-0.05, 0) is 44.5 Å². The highest BCUT2D eigenvalue weighted by molar-refractivity contribution is 8.00. The van der Waals surface area contributed by atoms with E-state index in [-0.39, 0.29) is 0 Å². The molecule has 0 spiro atoms. The summed E-state index contributed by atoms with van der Waals surface area (Å²) in [5.41, 5.74) is 5.93. The van der Waals surface area contributed by atoms with Crippen LogP contribution in [0.3, 0.4) is 0 Å². The molecule has 2 N–H and O–H groups in total. The fraction of sp³-hybridized carbons (Fsp3) is 1.00. The quantitative estimate of drug-likeness (QED) is 0.823. The molecular weight excluding hydrogens is 216 g/mol. The van der Waals surface area contributed by atoms with Gasteiger partial charge >= 0.3 is 0 Å². The van der Waals surface area contributed by atoms with Gasteiger partial charge in [0.15, 0.2) is 0 Å². The first kappa shape index (κ1) is 12.7. The molecule has 4 unspecified atom stereocenters. The summed E-state index contributed by atoms with van der Waals surface area (Å²) in [5.74, 6) is 2.09. The number of thioether (sulfide) groups is 1. The fourth-order valence-electron chi connectivity index (χ4n) is 3.50. The van der Waals surface area contributed by atoms with E-state index >= 15 is 0 Å². The third-order valence-corrected chi connectivity index (χ3v) is 5.87. The maximum absolute atomic E-state index is 5.93. The lowest BCUT2D eigenvalue weighted by Crippen LogP contribution is -2.49. The van der Waals surface area contributed by atoms with Crippen LogP contribution in [0.5, 0.6) is 0 Å². The van der Waals surface area contributed by atoms with Crippen LogP contribution in [0.25, 0.3) is 0 Å². The zero-order valence-electron chi connectivity index (χ0n) is 10.7. The van der Waals surface area contributed by atoms with Crippen LogP contribution in [0.15, 0.2) is 0 Å². The molecule has 0 bridgehead atoms. The van der Waals surface area contributed by atoms with Gasteiger partial charge in [-0.1, -0.05) is 19.8 Å². The molecule has 1 saturated carbocycles. The molecule has 0 aromatic rings. The Bertz CT molecular complexity index is 222. The van der Waals surface area contributed by atoms with Crippen LogP contribution in [-0.2, 0) is 0 Å². The van der Waals surface area contributed by atoms with Gasteiger partial charge in [-0.15, -0.1) is 0 Å². The summed E-state index contributed by atoms with van der Waals surface area (Å²) in [4.78, 5) is 2.67.